The second-order valence-corrected chi connectivity index (χ2v) is 4.91. The van der Waals surface area contributed by atoms with Crippen LogP contribution in [0.2, 0.25) is 0 Å². The first kappa shape index (κ1) is 12.6. The van der Waals surface area contributed by atoms with Crippen LogP contribution in [0.3, 0.4) is 0 Å². The maximum atomic E-state index is 5.83. The van der Waals surface area contributed by atoms with Gasteiger partial charge in [-0.1, -0.05) is 42.0 Å². The molecular weight excluding hydrogens is 248 g/mol. The van der Waals surface area contributed by atoms with Crippen LogP contribution in [0.5, 0.6) is 5.88 Å². The van der Waals surface area contributed by atoms with Crippen LogP contribution in [0.1, 0.15) is 16.8 Å². The molecule has 0 unspecified atom stereocenters. The Morgan fingerprint density at radius 3 is 2.50 bits per heavy atom. The second kappa shape index (κ2) is 5.29. The zero-order valence-corrected chi connectivity index (χ0v) is 11.6. The fourth-order valence-electron chi connectivity index (χ4n) is 2.20. The zero-order valence-electron chi connectivity index (χ0n) is 11.6. The Labute approximate surface area is 118 Å². The van der Waals surface area contributed by atoms with Crippen molar-refractivity contribution in [3.05, 3.63) is 65.4 Å². The number of aromatic nitrogens is 2. The molecule has 20 heavy (non-hydrogen) atoms. The summed E-state index contributed by atoms with van der Waals surface area (Å²) in [5.74, 6) is 0.592. The van der Waals surface area contributed by atoms with Crippen LogP contribution >= 0.6 is 0 Å². The first-order valence-corrected chi connectivity index (χ1v) is 6.64. The molecule has 0 radical (unpaired) electrons. The molecule has 0 spiro atoms. The van der Waals surface area contributed by atoms with Gasteiger partial charge in [0.1, 0.15) is 6.61 Å². The maximum absolute atomic E-state index is 5.83. The maximum Gasteiger partial charge on any atom is 0.241 e. The highest BCUT2D eigenvalue weighted by atomic mass is 16.5. The van der Waals surface area contributed by atoms with Gasteiger partial charge in [0, 0.05) is 10.8 Å². The van der Waals surface area contributed by atoms with Crippen LogP contribution < -0.4 is 4.74 Å². The average Bonchev–Trinajstić information content (AvgIpc) is 2.48. The summed E-state index contributed by atoms with van der Waals surface area (Å²) in [4.78, 5) is 0. The van der Waals surface area contributed by atoms with E-state index in [0.717, 1.165) is 22.0 Å². The van der Waals surface area contributed by atoms with E-state index in [1.54, 1.807) is 0 Å². The Bertz CT molecular complexity index is 739. The lowest BCUT2D eigenvalue weighted by Gasteiger charge is -2.09. The van der Waals surface area contributed by atoms with Crippen LogP contribution in [0.25, 0.3) is 10.8 Å². The highest BCUT2D eigenvalue weighted by Crippen LogP contribution is 2.26. The number of aryl methyl sites for hydroxylation is 2. The van der Waals surface area contributed by atoms with Crippen LogP contribution in [0.15, 0.2) is 48.5 Å². The van der Waals surface area contributed by atoms with Crippen molar-refractivity contribution in [1.82, 2.24) is 10.2 Å². The van der Waals surface area contributed by atoms with Gasteiger partial charge in [-0.2, -0.15) is 5.10 Å². The molecule has 100 valence electrons. The molecule has 3 heteroatoms. The number of hydrogen-bond donors (Lipinski definition) is 0. The lowest BCUT2D eigenvalue weighted by molar-refractivity contribution is 0.294. The molecule has 1 aromatic heterocycles. The minimum atomic E-state index is 0.502. The molecule has 1 heterocycles. The normalized spacial score (nSPS) is 10.7. The van der Waals surface area contributed by atoms with Gasteiger partial charge in [-0.3, -0.25) is 0 Å². The van der Waals surface area contributed by atoms with Crippen molar-refractivity contribution < 1.29 is 4.74 Å². The molecule has 0 amide bonds. The second-order valence-electron chi connectivity index (χ2n) is 4.91. The fourth-order valence-corrected chi connectivity index (χ4v) is 2.20. The van der Waals surface area contributed by atoms with Crippen LogP contribution in [0.4, 0.5) is 0 Å². The van der Waals surface area contributed by atoms with Crippen molar-refractivity contribution in [2.24, 2.45) is 0 Å². The van der Waals surface area contributed by atoms with E-state index in [2.05, 4.69) is 29.3 Å². The highest BCUT2D eigenvalue weighted by Gasteiger charge is 2.08. The van der Waals surface area contributed by atoms with Crippen molar-refractivity contribution in [3.63, 3.8) is 0 Å². The number of benzene rings is 2. The van der Waals surface area contributed by atoms with Crippen molar-refractivity contribution in [3.8, 4) is 5.88 Å². The first-order chi connectivity index (χ1) is 9.74. The molecule has 3 nitrogen and oxygen atoms in total. The minimum Gasteiger partial charge on any atom is -0.471 e. The Morgan fingerprint density at radius 2 is 1.70 bits per heavy atom. The summed E-state index contributed by atoms with van der Waals surface area (Å²) < 4.78 is 5.83. The summed E-state index contributed by atoms with van der Waals surface area (Å²) in [6, 6.07) is 16.3. The van der Waals surface area contributed by atoms with E-state index in [9.17, 15) is 0 Å². The minimum absolute atomic E-state index is 0.502. The molecule has 0 aliphatic carbocycles. The zero-order chi connectivity index (χ0) is 13.9. The molecule has 3 aromatic rings. The Hall–Kier alpha value is -2.42. The van der Waals surface area contributed by atoms with Gasteiger partial charge in [0.25, 0.3) is 0 Å². The molecule has 0 N–H and O–H groups in total. The van der Waals surface area contributed by atoms with Gasteiger partial charge in [0.2, 0.25) is 5.88 Å². The fraction of sp³-hybridized carbons (Fsp3) is 0.176. The SMILES string of the molecule is Cc1ccc2c(OCc3ccccc3)nnc(C)c2c1. The molecule has 2 aromatic carbocycles. The number of ether oxygens (including phenoxy) is 1. The van der Waals surface area contributed by atoms with Gasteiger partial charge in [-0.05, 0) is 31.5 Å². The molecule has 0 saturated carbocycles. The largest absolute Gasteiger partial charge is 0.471 e. The van der Waals surface area contributed by atoms with Gasteiger partial charge < -0.3 is 4.74 Å². The molecule has 0 bridgehead atoms. The predicted octanol–water partition coefficient (Wildman–Crippen LogP) is 3.83. The van der Waals surface area contributed by atoms with Crippen LogP contribution in [-0.2, 0) is 6.61 Å². The van der Waals surface area contributed by atoms with Gasteiger partial charge in [-0.15, -0.1) is 5.10 Å². The summed E-state index contributed by atoms with van der Waals surface area (Å²) in [6.45, 7) is 4.54. The Morgan fingerprint density at radius 1 is 0.900 bits per heavy atom. The van der Waals surface area contributed by atoms with E-state index >= 15 is 0 Å². The van der Waals surface area contributed by atoms with Crippen LogP contribution in [-0.4, -0.2) is 10.2 Å². The van der Waals surface area contributed by atoms with Gasteiger partial charge in [0.05, 0.1) is 5.69 Å². The third-order valence-corrected chi connectivity index (χ3v) is 3.30. The van der Waals surface area contributed by atoms with Crippen LogP contribution in [0, 0.1) is 13.8 Å². The number of fused-ring (bicyclic) bond motifs is 1. The molecule has 0 aliphatic heterocycles. The monoisotopic (exact) mass is 264 g/mol. The lowest BCUT2D eigenvalue weighted by Crippen LogP contribution is -2.00. The number of rotatable bonds is 3. The van der Waals surface area contributed by atoms with Crippen molar-refractivity contribution in [2.45, 2.75) is 20.5 Å². The van der Waals surface area contributed by atoms with E-state index in [-0.39, 0.29) is 0 Å². The number of hydrogen-bond acceptors (Lipinski definition) is 3. The molecule has 0 fully saturated rings. The standard InChI is InChI=1S/C17H16N2O/c1-12-8-9-15-16(10-12)13(2)18-19-17(15)20-11-14-6-4-3-5-7-14/h3-10H,11H2,1-2H3. The summed E-state index contributed by atoms with van der Waals surface area (Å²) >= 11 is 0. The van der Waals surface area contributed by atoms with Crippen molar-refractivity contribution >= 4 is 10.8 Å². The average molecular weight is 264 g/mol. The summed E-state index contributed by atoms with van der Waals surface area (Å²) in [5.41, 5.74) is 3.26. The smallest absolute Gasteiger partial charge is 0.241 e. The quantitative estimate of drug-likeness (QED) is 0.721. The molecule has 0 aliphatic rings. The first-order valence-electron chi connectivity index (χ1n) is 6.64. The van der Waals surface area contributed by atoms with Crippen molar-refractivity contribution in [1.29, 1.82) is 0 Å². The number of nitrogens with zero attached hydrogens (tertiary/aromatic N) is 2. The van der Waals surface area contributed by atoms with E-state index < -0.39 is 0 Å². The molecule has 3 rings (SSSR count). The van der Waals surface area contributed by atoms with Crippen molar-refractivity contribution in [2.75, 3.05) is 0 Å². The van der Waals surface area contributed by atoms with E-state index in [4.69, 9.17) is 4.74 Å². The van der Waals surface area contributed by atoms with E-state index in [1.165, 1.54) is 5.56 Å². The highest BCUT2D eigenvalue weighted by molar-refractivity contribution is 5.88. The molecule has 0 saturated heterocycles. The topological polar surface area (TPSA) is 35.0 Å². The van der Waals surface area contributed by atoms with E-state index in [0.29, 0.717) is 12.5 Å². The lowest BCUT2D eigenvalue weighted by atomic mass is 10.1. The van der Waals surface area contributed by atoms with Gasteiger partial charge >= 0.3 is 0 Å². The van der Waals surface area contributed by atoms with Gasteiger partial charge in [0.15, 0.2) is 0 Å². The summed E-state index contributed by atoms with van der Waals surface area (Å²) in [6.07, 6.45) is 0. The van der Waals surface area contributed by atoms with Gasteiger partial charge in [-0.25, -0.2) is 0 Å². The third-order valence-electron chi connectivity index (χ3n) is 3.30. The molecular formula is C17H16N2O. The molecule has 0 atom stereocenters. The summed E-state index contributed by atoms with van der Waals surface area (Å²) in [7, 11) is 0. The summed E-state index contributed by atoms with van der Waals surface area (Å²) in [5, 5.41) is 10.5. The predicted molar refractivity (Wildman–Crippen MR) is 79.8 cm³/mol. The third kappa shape index (κ3) is 2.48. The Kier molecular flexibility index (Phi) is 3.33. The van der Waals surface area contributed by atoms with E-state index in [1.807, 2.05) is 43.3 Å². The Balaban J connectivity index is 1.94.